The molecule has 5 rings (SSSR count). The van der Waals surface area contributed by atoms with E-state index < -0.39 is 5.69 Å². The van der Waals surface area contributed by atoms with Gasteiger partial charge in [-0.15, -0.1) is 11.3 Å². The summed E-state index contributed by atoms with van der Waals surface area (Å²) >= 11 is 7.56. The van der Waals surface area contributed by atoms with Crippen LogP contribution in [0.25, 0.3) is 15.9 Å². The average molecular weight is 482 g/mol. The van der Waals surface area contributed by atoms with E-state index in [0.29, 0.717) is 32.4 Å². The summed E-state index contributed by atoms with van der Waals surface area (Å²) in [5.41, 5.74) is 1.01. The predicted molar refractivity (Wildman–Crippen MR) is 130 cm³/mol. The average Bonchev–Trinajstić information content (AvgIpc) is 3.39. The molecule has 0 aliphatic heterocycles. The topological polar surface area (TPSA) is 82.3 Å². The summed E-state index contributed by atoms with van der Waals surface area (Å²) < 4.78 is 7.64. The van der Waals surface area contributed by atoms with Gasteiger partial charge in [-0.05, 0) is 67.3 Å². The molecule has 2 heterocycles. The quantitative estimate of drug-likeness (QED) is 0.467. The number of rotatable bonds is 5. The number of fused-ring (bicyclic) bond motifs is 3. The molecule has 4 aromatic rings. The molecule has 0 atom stereocenters. The highest BCUT2D eigenvalue weighted by Gasteiger charge is 2.26. The van der Waals surface area contributed by atoms with Crippen LogP contribution < -0.4 is 21.3 Å². The Morgan fingerprint density at radius 1 is 1.15 bits per heavy atom. The van der Waals surface area contributed by atoms with Crippen LogP contribution >= 0.6 is 22.9 Å². The van der Waals surface area contributed by atoms with E-state index in [2.05, 4.69) is 5.32 Å². The highest BCUT2D eigenvalue weighted by atomic mass is 35.5. The number of aryl methyl sites for hydroxylation is 2. The fourth-order valence-electron chi connectivity index (χ4n) is 4.21. The van der Waals surface area contributed by atoms with E-state index in [1.807, 2.05) is 0 Å². The second-order valence-corrected chi connectivity index (χ2v) is 9.32. The highest BCUT2D eigenvalue weighted by Crippen LogP contribution is 2.35. The Morgan fingerprint density at radius 2 is 1.94 bits per heavy atom. The third-order valence-corrected chi connectivity index (χ3v) is 7.28. The number of carbonyl (C=O) groups is 1. The molecule has 1 amide bonds. The van der Waals surface area contributed by atoms with Gasteiger partial charge in [0.2, 0.25) is 5.91 Å². The molecule has 0 fully saturated rings. The number of nitrogens with zero attached hydrogens (tertiary/aromatic N) is 2. The molecular weight excluding hydrogens is 462 g/mol. The van der Waals surface area contributed by atoms with Crippen LogP contribution in [-0.2, 0) is 24.2 Å². The van der Waals surface area contributed by atoms with Gasteiger partial charge in [0.15, 0.2) is 0 Å². The number of hydrogen-bond donors (Lipinski definition) is 1. The van der Waals surface area contributed by atoms with E-state index in [1.54, 1.807) is 55.6 Å². The molecule has 1 aliphatic rings. The van der Waals surface area contributed by atoms with Gasteiger partial charge in [-0.2, -0.15) is 0 Å². The van der Waals surface area contributed by atoms with Crippen molar-refractivity contribution in [2.45, 2.75) is 25.8 Å². The Kier molecular flexibility index (Phi) is 5.55. The molecule has 7 nitrogen and oxygen atoms in total. The third-order valence-electron chi connectivity index (χ3n) is 5.73. The van der Waals surface area contributed by atoms with Gasteiger partial charge >= 0.3 is 5.69 Å². The van der Waals surface area contributed by atoms with Gasteiger partial charge in [0, 0.05) is 15.6 Å². The van der Waals surface area contributed by atoms with Gasteiger partial charge in [-0.3, -0.25) is 14.2 Å². The monoisotopic (exact) mass is 481 g/mol. The normalized spacial score (nSPS) is 12.7. The molecule has 2 aromatic carbocycles. The van der Waals surface area contributed by atoms with E-state index in [1.165, 1.54) is 15.9 Å². The summed E-state index contributed by atoms with van der Waals surface area (Å²) in [6.45, 7) is -0.221. The number of carbonyl (C=O) groups excluding carboxylic acids is 1. The minimum Gasteiger partial charge on any atom is -0.497 e. The fraction of sp³-hybridized carbons (Fsp3) is 0.208. The lowest BCUT2D eigenvalue weighted by Crippen LogP contribution is -2.40. The molecule has 2 aromatic heterocycles. The number of thiophene rings is 1. The number of hydrogen-bond acceptors (Lipinski definition) is 5. The largest absolute Gasteiger partial charge is 0.497 e. The molecule has 0 saturated carbocycles. The number of amides is 1. The predicted octanol–water partition coefficient (Wildman–Crippen LogP) is 4.00. The van der Waals surface area contributed by atoms with Crippen LogP contribution in [-0.4, -0.2) is 22.2 Å². The van der Waals surface area contributed by atoms with Crippen molar-refractivity contribution in [3.8, 4) is 11.4 Å². The van der Waals surface area contributed by atoms with Crippen molar-refractivity contribution in [1.82, 2.24) is 9.13 Å². The molecule has 0 saturated heterocycles. The number of anilines is 1. The summed E-state index contributed by atoms with van der Waals surface area (Å²) in [5.74, 6) is 0.307. The zero-order valence-corrected chi connectivity index (χ0v) is 19.3. The van der Waals surface area contributed by atoms with Gasteiger partial charge in [0.05, 0.1) is 18.2 Å². The fourth-order valence-corrected chi connectivity index (χ4v) is 5.76. The minimum absolute atomic E-state index is 0.221. The molecule has 1 aliphatic carbocycles. The van der Waals surface area contributed by atoms with Crippen molar-refractivity contribution >= 4 is 44.7 Å². The Balaban J connectivity index is 1.62. The van der Waals surface area contributed by atoms with Crippen molar-refractivity contribution in [2.75, 3.05) is 12.4 Å². The van der Waals surface area contributed by atoms with E-state index in [9.17, 15) is 14.4 Å². The standard InChI is InChI=1S/C24H20ClN3O4S/c1-32-17-10-8-15(9-11-17)26-20(29)13-27-23-21(18-6-3-7-19(18)33-23)22(30)28(24(27)31)16-5-2-4-14(25)12-16/h2,4-5,8-12H,3,6-7,13H2,1H3,(H,26,29). The number of halogens is 1. The van der Waals surface area contributed by atoms with Crippen molar-refractivity contribution in [3.63, 3.8) is 0 Å². The minimum atomic E-state index is -0.570. The first kappa shape index (κ1) is 21.5. The zero-order chi connectivity index (χ0) is 23.1. The van der Waals surface area contributed by atoms with Crippen molar-refractivity contribution < 1.29 is 9.53 Å². The van der Waals surface area contributed by atoms with Crippen LogP contribution in [0.15, 0.2) is 58.1 Å². The Labute approximate surface area is 197 Å². The maximum absolute atomic E-state index is 13.5. The molecule has 1 N–H and O–H groups in total. The molecule has 168 valence electrons. The molecule has 0 radical (unpaired) electrons. The van der Waals surface area contributed by atoms with Gasteiger partial charge in [0.25, 0.3) is 5.56 Å². The lowest BCUT2D eigenvalue weighted by molar-refractivity contribution is -0.116. The Bertz CT molecular complexity index is 1500. The molecule has 0 unspecified atom stereocenters. The van der Waals surface area contributed by atoms with Crippen molar-refractivity contribution in [2.24, 2.45) is 0 Å². The maximum atomic E-state index is 13.5. The summed E-state index contributed by atoms with van der Waals surface area (Å²) in [6, 6.07) is 13.5. The first-order valence-electron chi connectivity index (χ1n) is 10.5. The van der Waals surface area contributed by atoms with Gasteiger partial charge in [-0.1, -0.05) is 17.7 Å². The molecular formula is C24H20ClN3O4S. The smallest absolute Gasteiger partial charge is 0.337 e. The lowest BCUT2D eigenvalue weighted by Gasteiger charge is -2.13. The van der Waals surface area contributed by atoms with Crippen LogP contribution in [0, 0.1) is 0 Å². The van der Waals surface area contributed by atoms with Crippen LogP contribution in [0.4, 0.5) is 5.69 Å². The van der Waals surface area contributed by atoms with E-state index in [-0.39, 0.29) is 18.0 Å². The molecule has 0 bridgehead atoms. The van der Waals surface area contributed by atoms with Crippen molar-refractivity contribution in [1.29, 1.82) is 0 Å². The number of methoxy groups -OCH3 is 1. The number of nitrogens with one attached hydrogen (secondary N) is 1. The van der Waals surface area contributed by atoms with Crippen molar-refractivity contribution in [3.05, 3.63) is 84.8 Å². The Hall–Kier alpha value is -3.36. The summed E-state index contributed by atoms with van der Waals surface area (Å²) in [6.07, 6.45) is 2.64. The van der Waals surface area contributed by atoms with Gasteiger partial charge in [-0.25, -0.2) is 9.36 Å². The van der Waals surface area contributed by atoms with Crippen LogP contribution in [0.3, 0.4) is 0 Å². The summed E-state index contributed by atoms with van der Waals surface area (Å²) in [5, 5.41) is 3.74. The van der Waals surface area contributed by atoms with Crippen LogP contribution in [0.5, 0.6) is 5.75 Å². The molecule has 9 heteroatoms. The zero-order valence-electron chi connectivity index (χ0n) is 17.8. The molecule has 0 spiro atoms. The maximum Gasteiger partial charge on any atom is 0.337 e. The molecule has 33 heavy (non-hydrogen) atoms. The van der Waals surface area contributed by atoms with Crippen LogP contribution in [0.2, 0.25) is 5.02 Å². The lowest BCUT2D eigenvalue weighted by atomic mass is 10.2. The van der Waals surface area contributed by atoms with E-state index in [0.717, 1.165) is 34.3 Å². The second kappa shape index (κ2) is 8.53. The first-order valence-corrected chi connectivity index (χ1v) is 11.7. The second-order valence-electron chi connectivity index (χ2n) is 7.80. The SMILES string of the molecule is COc1ccc(NC(=O)Cn2c(=O)n(-c3cccc(Cl)c3)c(=O)c3c4c(sc32)CCC4)cc1. The summed E-state index contributed by atoms with van der Waals surface area (Å²) in [7, 11) is 1.57. The number of ether oxygens (including phenoxy) is 1. The van der Waals surface area contributed by atoms with E-state index in [4.69, 9.17) is 16.3 Å². The number of aromatic nitrogens is 2. The van der Waals surface area contributed by atoms with Crippen LogP contribution in [0.1, 0.15) is 16.9 Å². The van der Waals surface area contributed by atoms with Gasteiger partial charge < -0.3 is 10.1 Å². The first-order chi connectivity index (χ1) is 16.0. The van der Waals surface area contributed by atoms with Gasteiger partial charge in [0.1, 0.15) is 17.1 Å². The third kappa shape index (κ3) is 3.85. The van der Waals surface area contributed by atoms with E-state index >= 15 is 0 Å². The Morgan fingerprint density at radius 3 is 2.67 bits per heavy atom. The summed E-state index contributed by atoms with van der Waals surface area (Å²) in [4.78, 5) is 41.5. The number of benzene rings is 2. The highest BCUT2D eigenvalue weighted by molar-refractivity contribution is 7.19.